The van der Waals surface area contributed by atoms with Crippen LogP contribution in [-0.2, 0) is 6.42 Å². The lowest BCUT2D eigenvalue weighted by atomic mass is 9.59. The van der Waals surface area contributed by atoms with Gasteiger partial charge in [-0.2, -0.15) is 0 Å². The van der Waals surface area contributed by atoms with Crippen LogP contribution >= 0.6 is 0 Å². The summed E-state index contributed by atoms with van der Waals surface area (Å²) in [5.41, 5.74) is 15.7. The summed E-state index contributed by atoms with van der Waals surface area (Å²) in [5.74, 6) is -1.13. The van der Waals surface area contributed by atoms with E-state index in [2.05, 4.69) is 148 Å². The van der Waals surface area contributed by atoms with Gasteiger partial charge in [-0.3, -0.25) is 4.57 Å². The first-order chi connectivity index (χ1) is 28.4. The molecule has 0 spiro atoms. The van der Waals surface area contributed by atoms with E-state index in [1.54, 1.807) is 0 Å². The molecule has 1 heterocycles. The van der Waals surface area contributed by atoms with Crippen molar-refractivity contribution in [3.05, 3.63) is 127 Å². The SMILES string of the molecule is Bc1c(B)c(B)c(-c2cc(-c3c(O)c(C)c(O)c(O)c3O)cc(-c3c4ccccc4c(-c4ccccc4-n4c(CC)nc5ccccc54)c4ccccc34)c2)c(B)c1B. The standard InChI is InChI=1S/C48H41B5N2O4/c1-3-35-54-32-17-9-11-19-34(32)55(35)33-18-10-8-16-31(33)39-29-14-6-4-12-27(29)36(28-13-5-7-15-30(28)39)24-20-25(37-40(49)42(51)44(53)43(52)41(37)50)22-26(21-24)38-45(56)23(2)46(57)48(59)47(38)58/h4-22,56-59H,3,49-53H2,1-2H3. The third kappa shape index (κ3) is 5.74. The second kappa shape index (κ2) is 14.3. The van der Waals surface area contributed by atoms with Crippen LogP contribution < -0.4 is 27.3 Å². The van der Waals surface area contributed by atoms with Crippen LogP contribution in [0.1, 0.15) is 18.3 Å². The van der Waals surface area contributed by atoms with Crippen LogP contribution in [0, 0.1) is 6.92 Å². The van der Waals surface area contributed by atoms with Gasteiger partial charge in [0.05, 0.1) is 22.3 Å². The lowest BCUT2D eigenvalue weighted by Gasteiger charge is -2.23. The van der Waals surface area contributed by atoms with E-state index in [-0.39, 0.29) is 16.9 Å². The minimum absolute atomic E-state index is 0.0511. The van der Waals surface area contributed by atoms with Crippen molar-refractivity contribution in [2.24, 2.45) is 0 Å². The molecule has 0 aliphatic carbocycles. The van der Waals surface area contributed by atoms with E-state index >= 15 is 0 Å². The first kappa shape index (κ1) is 37.8. The van der Waals surface area contributed by atoms with Crippen molar-refractivity contribution in [1.29, 1.82) is 0 Å². The minimum atomic E-state index is -0.674. The molecule has 11 heteroatoms. The van der Waals surface area contributed by atoms with Gasteiger partial charge >= 0.3 is 0 Å². The largest absolute Gasteiger partial charge is 0.507 e. The number of nitrogens with zero attached hydrogens (tertiary/aromatic N) is 2. The summed E-state index contributed by atoms with van der Waals surface area (Å²) in [7, 11) is 10.7. The Hall–Kier alpha value is -6.73. The van der Waals surface area contributed by atoms with Crippen molar-refractivity contribution in [3.8, 4) is 73.2 Å². The number of benzene rings is 8. The predicted molar refractivity (Wildman–Crippen MR) is 259 cm³/mol. The maximum Gasteiger partial charge on any atom is 0.201 e. The molecule has 59 heavy (non-hydrogen) atoms. The van der Waals surface area contributed by atoms with E-state index < -0.39 is 17.2 Å². The molecular formula is C48H41B5N2O4. The molecule has 0 radical (unpaired) electrons. The Balaban J connectivity index is 1.41. The summed E-state index contributed by atoms with van der Waals surface area (Å²) >= 11 is 0. The molecular weight excluding hydrogens is 723 g/mol. The number of para-hydroxylation sites is 3. The van der Waals surface area contributed by atoms with Crippen LogP contribution in [0.15, 0.2) is 115 Å². The lowest BCUT2D eigenvalue weighted by Crippen LogP contribution is -2.55. The highest BCUT2D eigenvalue weighted by Crippen LogP contribution is 2.53. The number of hydrogen-bond donors (Lipinski definition) is 4. The zero-order chi connectivity index (χ0) is 41.4. The van der Waals surface area contributed by atoms with Gasteiger partial charge in [0.25, 0.3) is 0 Å². The van der Waals surface area contributed by atoms with Gasteiger partial charge in [-0.1, -0.05) is 96.7 Å². The Morgan fingerprint density at radius 3 is 1.56 bits per heavy atom. The fourth-order valence-electron chi connectivity index (χ4n) is 9.28. The first-order valence-corrected chi connectivity index (χ1v) is 20.1. The van der Waals surface area contributed by atoms with Crippen LogP contribution in [0.3, 0.4) is 0 Å². The number of fused-ring (bicyclic) bond motifs is 3. The van der Waals surface area contributed by atoms with Crippen molar-refractivity contribution < 1.29 is 20.4 Å². The number of phenolic OH excluding ortho intramolecular Hbond substituents is 4. The van der Waals surface area contributed by atoms with Crippen LogP contribution in [0.25, 0.3) is 82.8 Å². The minimum Gasteiger partial charge on any atom is -0.507 e. The van der Waals surface area contributed by atoms with Gasteiger partial charge in [0.1, 0.15) is 50.8 Å². The monoisotopic (exact) mass is 764 g/mol. The molecule has 1 aromatic heterocycles. The van der Waals surface area contributed by atoms with E-state index in [1.807, 2.05) is 18.2 Å². The molecule has 0 saturated heterocycles. The van der Waals surface area contributed by atoms with E-state index in [1.165, 1.54) is 23.3 Å². The third-order valence-electron chi connectivity index (χ3n) is 12.7. The van der Waals surface area contributed by atoms with Gasteiger partial charge < -0.3 is 20.4 Å². The highest BCUT2D eigenvalue weighted by molar-refractivity contribution is 6.68. The van der Waals surface area contributed by atoms with Gasteiger partial charge in [0.15, 0.2) is 11.5 Å². The molecule has 0 unspecified atom stereocenters. The summed E-state index contributed by atoms with van der Waals surface area (Å²) in [4.78, 5) is 5.04. The average molecular weight is 764 g/mol. The highest BCUT2D eigenvalue weighted by atomic mass is 16.3. The summed E-state index contributed by atoms with van der Waals surface area (Å²) < 4.78 is 2.29. The van der Waals surface area contributed by atoms with Crippen LogP contribution in [0.5, 0.6) is 23.0 Å². The zero-order valence-corrected chi connectivity index (χ0v) is 34.4. The number of aryl methyl sites for hydroxylation is 1. The number of aromatic nitrogens is 2. The second-order valence-corrected chi connectivity index (χ2v) is 15.8. The van der Waals surface area contributed by atoms with Crippen LogP contribution in [0.4, 0.5) is 0 Å². The van der Waals surface area contributed by atoms with Crippen molar-refractivity contribution in [1.82, 2.24) is 9.55 Å². The fourth-order valence-corrected chi connectivity index (χ4v) is 9.28. The smallest absolute Gasteiger partial charge is 0.201 e. The maximum atomic E-state index is 11.6. The number of rotatable bonds is 6. The van der Waals surface area contributed by atoms with Crippen LogP contribution in [0.2, 0.25) is 0 Å². The van der Waals surface area contributed by atoms with E-state index in [9.17, 15) is 20.4 Å². The number of aromatic hydroxyl groups is 4. The number of imidazole rings is 1. The quantitative estimate of drug-likeness (QED) is 0.0905. The molecule has 0 aliphatic heterocycles. The Bertz CT molecular complexity index is 3030. The van der Waals surface area contributed by atoms with Gasteiger partial charge in [0.2, 0.25) is 5.75 Å². The fraction of sp³-hybridized carbons (Fsp3) is 0.0625. The van der Waals surface area contributed by atoms with Gasteiger partial charge in [-0.25, -0.2) is 4.98 Å². The Morgan fingerprint density at radius 2 is 0.966 bits per heavy atom. The molecule has 0 amide bonds. The Morgan fingerprint density at radius 1 is 0.492 bits per heavy atom. The number of hydrogen-bond acceptors (Lipinski definition) is 5. The Labute approximate surface area is 347 Å². The van der Waals surface area contributed by atoms with E-state index in [0.717, 1.165) is 94.8 Å². The maximum absolute atomic E-state index is 11.6. The van der Waals surface area contributed by atoms with E-state index in [4.69, 9.17) is 4.98 Å². The normalized spacial score (nSPS) is 11.6. The molecule has 9 aromatic rings. The van der Waals surface area contributed by atoms with Gasteiger partial charge in [0, 0.05) is 17.5 Å². The first-order valence-electron chi connectivity index (χ1n) is 20.1. The topological polar surface area (TPSA) is 98.7 Å². The lowest BCUT2D eigenvalue weighted by molar-refractivity contribution is 0.360. The molecule has 0 aliphatic rings. The summed E-state index contributed by atoms with van der Waals surface area (Å²) in [6.07, 6.45) is 0.768. The summed E-state index contributed by atoms with van der Waals surface area (Å²) in [6.45, 7) is 3.66. The zero-order valence-electron chi connectivity index (χ0n) is 34.4. The molecule has 4 N–H and O–H groups in total. The highest BCUT2D eigenvalue weighted by Gasteiger charge is 2.26. The van der Waals surface area contributed by atoms with Crippen molar-refractivity contribution >= 4 is 99.1 Å². The second-order valence-electron chi connectivity index (χ2n) is 15.8. The van der Waals surface area contributed by atoms with Crippen LogP contribution in [-0.4, -0.2) is 69.2 Å². The van der Waals surface area contributed by atoms with E-state index in [0.29, 0.717) is 5.56 Å². The van der Waals surface area contributed by atoms with Crippen molar-refractivity contribution in [2.75, 3.05) is 0 Å². The molecule has 282 valence electrons. The molecule has 9 rings (SSSR count). The number of phenols is 4. The average Bonchev–Trinajstić information content (AvgIpc) is 3.64. The molecule has 0 saturated carbocycles. The molecule has 0 fully saturated rings. The third-order valence-corrected chi connectivity index (χ3v) is 12.7. The van der Waals surface area contributed by atoms with Gasteiger partial charge in [-0.15, -0.1) is 16.4 Å². The summed E-state index contributed by atoms with van der Waals surface area (Å²) in [5, 5.41) is 48.7. The molecule has 6 nitrogen and oxygen atoms in total. The summed E-state index contributed by atoms with van der Waals surface area (Å²) in [6, 6.07) is 40.0. The molecule has 8 aromatic carbocycles. The molecule has 0 bridgehead atoms. The molecule has 0 atom stereocenters. The van der Waals surface area contributed by atoms with Crippen molar-refractivity contribution in [3.63, 3.8) is 0 Å². The Kier molecular flexibility index (Phi) is 9.15. The van der Waals surface area contributed by atoms with Gasteiger partial charge in [-0.05, 0) is 98.2 Å². The predicted octanol–water partition coefficient (Wildman–Crippen LogP) is 2.99. The van der Waals surface area contributed by atoms with Crippen molar-refractivity contribution in [2.45, 2.75) is 20.3 Å².